The van der Waals surface area contributed by atoms with Gasteiger partial charge in [-0.05, 0) is 80.5 Å². The Bertz CT molecular complexity index is 1060. The summed E-state index contributed by atoms with van der Waals surface area (Å²) in [5.74, 6) is 2.42. The lowest BCUT2D eigenvalue weighted by molar-refractivity contribution is -0.127. The van der Waals surface area contributed by atoms with Crippen molar-refractivity contribution < 1.29 is 24.1 Å². The van der Waals surface area contributed by atoms with Crippen molar-refractivity contribution in [2.75, 3.05) is 46.5 Å². The number of hydrogen-bond donors (Lipinski definition) is 1. The Morgan fingerprint density at radius 1 is 1.03 bits per heavy atom. The number of ether oxygens (including phenoxy) is 3. The van der Waals surface area contributed by atoms with E-state index in [4.69, 9.17) is 25.8 Å². The largest absolute Gasteiger partial charge is 0.493 e. The van der Waals surface area contributed by atoms with Crippen LogP contribution in [0, 0.1) is 13.8 Å². The first kappa shape index (κ1) is 27.6. The summed E-state index contributed by atoms with van der Waals surface area (Å²) in [6.07, 6.45) is 3.73. The first-order chi connectivity index (χ1) is 17.8. The number of amides is 1. The molecule has 1 N–H and O–H groups in total. The number of aliphatic hydroxyl groups is 1. The predicted molar refractivity (Wildman–Crippen MR) is 145 cm³/mol. The van der Waals surface area contributed by atoms with Gasteiger partial charge in [0.25, 0.3) is 0 Å². The molecule has 2 heterocycles. The van der Waals surface area contributed by atoms with Gasteiger partial charge in [-0.15, -0.1) is 0 Å². The zero-order valence-electron chi connectivity index (χ0n) is 22.2. The molecule has 0 unspecified atom stereocenters. The summed E-state index contributed by atoms with van der Waals surface area (Å²) in [5.41, 5.74) is 2.25. The molecule has 37 heavy (non-hydrogen) atoms. The van der Waals surface area contributed by atoms with E-state index in [-0.39, 0.29) is 12.5 Å². The molecule has 0 atom stereocenters. The van der Waals surface area contributed by atoms with Crippen molar-refractivity contribution in [2.45, 2.75) is 58.1 Å². The highest BCUT2D eigenvalue weighted by Gasteiger charge is 2.33. The van der Waals surface area contributed by atoms with Gasteiger partial charge in [0, 0.05) is 44.2 Å². The summed E-state index contributed by atoms with van der Waals surface area (Å²) in [4.78, 5) is 16.0. The Morgan fingerprint density at radius 3 is 2.41 bits per heavy atom. The molecule has 2 aliphatic heterocycles. The van der Waals surface area contributed by atoms with E-state index in [1.807, 2.05) is 43.0 Å². The topological polar surface area (TPSA) is 71.5 Å². The van der Waals surface area contributed by atoms with E-state index in [0.29, 0.717) is 31.6 Å². The van der Waals surface area contributed by atoms with Gasteiger partial charge in [-0.2, -0.15) is 0 Å². The predicted octanol–water partition coefficient (Wildman–Crippen LogP) is 4.76. The van der Waals surface area contributed by atoms with Crippen LogP contribution in [0.3, 0.4) is 0 Å². The van der Waals surface area contributed by atoms with Gasteiger partial charge in [0.2, 0.25) is 5.91 Å². The van der Waals surface area contributed by atoms with Gasteiger partial charge in [0.15, 0.2) is 11.5 Å². The summed E-state index contributed by atoms with van der Waals surface area (Å²) >= 11 is 6.25. The molecule has 7 nitrogen and oxygen atoms in total. The van der Waals surface area contributed by atoms with E-state index >= 15 is 0 Å². The first-order valence-electron chi connectivity index (χ1n) is 13.2. The fourth-order valence-corrected chi connectivity index (χ4v) is 5.15. The fraction of sp³-hybridized carbons (Fsp3) is 0.552. The van der Waals surface area contributed by atoms with E-state index in [1.165, 1.54) is 0 Å². The monoisotopic (exact) mass is 530 g/mol. The van der Waals surface area contributed by atoms with Crippen LogP contribution in [-0.4, -0.2) is 72.9 Å². The lowest BCUT2D eigenvalue weighted by atomic mass is 9.92. The van der Waals surface area contributed by atoms with Crippen molar-refractivity contribution in [2.24, 2.45) is 0 Å². The second-order valence-corrected chi connectivity index (χ2v) is 10.7. The fourth-order valence-electron chi connectivity index (χ4n) is 5.04. The molecule has 0 bridgehead atoms. The Labute approximate surface area is 225 Å². The van der Waals surface area contributed by atoms with Crippen molar-refractivity contribution in [1.82, 2.24) is 9.80 Å². The normalized spacial score (nSPS) is 17.8. The standard InChI is InChI=1S/C29H39ClN2O5/c1-21-16-24(17-22(2)28(21)30)37-20-29(34)9-13-31(14-10-29)19-23-7-8-25(26(18-23)35-3)36-15-5-12-32-11-4-6-27(32)33/h7-8,16-18,34H,4-6,9-15,19-20H2,1-3H3. The third-order valence-corrected chi connectivity index (χ3v) is 7.94. The number of likely N-dealkylation sites (tertiary alicyclic amines) is 2. The maximum absolute atomic E-state index is 11.7. The minimum atomic E-state index is -0.840. The third kappa shape index (κ3) is 7.30. The summed E-state index contributed by atoms with van der Waals surface area (Å²) in [6, 6.07) is 9.89. The van der Waals surface area contributed by atoms with Crippen molar-refractivity contribution in [3.8, 4) is 17.2 Å². The van der Waals surface area contributed by atoms with Crippen LogP contribution in [0.4, 0.5) is 0 Å². The average molecular weight is 531 g/mol. The van der Waals surface area contributed by atoms with Gasteiger partial charge < -0.3 is 24.2 Å². The van der Waals surface area contributed by atoms with Crippen LogP contribution >= 0.6 is 11.6 Å². The summed E-state index contributed by atoms with van der Waals surface area (Å²) in [5, 5.41) is 11.8. The number of methoxy groups -OCH3 is 1. The average Bonchev–Trinajstić information content (AvgIpc) is 3.30. The Hall–Kier alpha value is -2.48. The zero-order chi connectivity index (χ0) is 26.4. The highest BCUT2D eigenvalue weighted by Crippen LogP contribution is 2.31. The van der Waals surface area contributed by atoms with Crippen LogP contribution in [0.1, 0.15) is 48.8 Å². The van der Waals surface area contributed by atoms with Crippen LogP contribution < -0.4 is 14.2 Å². The molecule has 2 aromatic carbocycles. The van der Waals surface area contributed by atoms with Gasteiger partial charge >= 0.3 is 0 Å². The van der Waals surface area contributed by atoms with Crippen LogP contribution in [-0.2, 0) is 11.3 Å². The maximum atomic E-state index is 11.7. The van der Waals surface area contributed by atoms with Crippen molar-refractivity contribution in [3.05, 3.63) is 52.0 Å². The van der Waals surface area contributed by atoms with Crippen molar-refractivity contribution in [1.29, 1.82) is 0 Å². The molecule has 2 fully saturated rings. The SMILES string of the molecule is COc1cc(CN2CCC(O)(COc3cc(C)c(Cl)c(C)c3)CC2)ccc1OCCCN1CCCC1=O. The summed E-state index contributed by atoms with van der Waals surface area (Å²) < 4.78 is 17.5. The lowest BCUT2D eigenvalue weighted by Gasteiger charge is -2.38. The number of nitrogens with zero attached hydrogens (tertiary/aromatic N) is 2. The first-order valence-corrected chi connectivity index (χ1v) is 13.6. The van der Waals surface area contributed by atoms with Crippen molar-refractivity contribution >= 4 is 17.5 Å². The number of hydrogen-bond acceptors (Lipinski definition) is 6. The molecule has 0 radical (unpaired) electrons. The number of aryl methyl sites for hydroxylation is 2. The number of carbonyl (C=O) groups is 1. The van der Waals surface area contributed by atoms with E-state index < -0.39 is 5.60 Å². The molecule has 2 aliphatic rings. The van der Waals surface area contributed by atoms with E-state index in [9.17, 15) is 9.90 Å². The number of piperidine rings is 1. The Kier molecular flexibility index (Phi) is 9.22. The van der Waals surface area contributed by atoms with Crippen LogP contribution in [0.2, 0.25) is 5.02 Å². The number of rotatable bonds is 11. The molecule has 0 aliphatic carbocycles. The summed E-state index contributed by atoms with van der Waals surface area (Å²) in [6.45, 7) is 8.69. The third-order valence-electron chi connectivity index (χ3n) is 7.34. The molecular weight excluding hydrogens is 492 g/mol. The molecule has 202 valence electrons. The molecule has 2 aromatic rings. The summed E-state index contributed by atoms with van der Waals surface area (Å²) in [7, 11) is 1.65. The van der Waals surface area contributed by atoms with Gasteiger partial charge in [-0.1, -0.05) is 17.7 Å². The molecule has 0 aromatic heterocycles. The van der Waals surface area contributed by atoms with Crippen molar-refractivity contribution in [3.63, 3.8) is 0 Å². The zero-order valence-corrected chi connectivity index (χ0v) is 23.0. The minimum absolute atomic E-state index is 0.248. The van der Waals surface area contributed by atoms with Crippen LogP contribution in [0.5, 0.6) is 17.2 Å². The van der Waals surface area contributed by atoms with Gasteiger partial charge in [-0.3, -0.25) is 9.69 Å². The second kappa shape index (κ2) is 12.4. The molecule has 1 amide bonds. The lowest BCUT2D eigenvalue weighted by Crippen LogP contribution is -2.47. The second-order valence-electron chi connectivity index (χ2n) is 10.3. The molecular formula is C29H39ClN2O5. The molecule has 0 spiro atoms. The number of carbonyl (C=O) groups excluding carboxylic acids is 1. The van der Waals surface area contributed by atoms with Gasteiger partial charge in [0.1, 0.15) is 18.0 Å². The van der Waals surface area contributed by atoms with E-state index in [2.05, 4.69) is 11.0 Å². The van der Waals surface area contributed by atoms with Crippen LogP contribution in [0.15, 0.2) is 30.3 Å². The Balaban J connectivity index is 1.23. The molecule has 4 rings (SSSR count). The molecule has 0 saturated carbocycles. The number of benzene rings is 2. The van der Waals surface area contributed by atoms with Crippen LogP contribution in [0.25, 0.3) is 0 Å². The number of halogens is 1. The maximum Gasteiger partial charge on any atom is 0.222 e. The van der Waals surface area contributed by atoms with E-state index in [1.54, 1.807) is 7.11 Å². The quantitative estimate of drug-likeness (QED) is 0.422. The highest BCUT2D eigenvalue weighted by atomic mass is 35.5. The molecule has 8 heteroatoms. The van der Waals surface area contributed by atoms with Gasteiger partial charge in [-0.25, -0.2) is 0 Å². The Morgan fingerprint density at radius 2 is 1.76 bits per heavy atom. The minimum Gasteiger partial charge on any atom is -0.493 e. The smallest absolute Gasteiger partial charge is 0.222 e. The highest BCUT2D eigenvalue weighted by molar-refractivity contribution is 6.32. The molecule has 2 saturated heterocycles. The van der Waals surface area contributed by atoms with E-state index in [0.717, 1.165) is 78.8 Å². The van der Waals surface area contributed by atoms with Gasteiger partial charge in [0.05, 0.1) is 13.7 Å².